The Balaban J connectivity index is 1.46. The molecule has 0 aliphatic rings. The molecule has 0 saturated carbocycles. The van der Waals surface area contributed by atoms with E-state index in [9.17, 15) is 13.2 Å². The molecule has 33 heavy (non-hydrogen) atoms. The molecule has 0 bridgehead atoms. The highest BCUT2D eigenvalue weighted by Crippen LogP contribution is 2.39. The van der Waals surface area contributed by atoms with Crippen LogP contribution in [0.1, 0.15) is 22.4 Å². The molecular weight excluding hydrogens is 449 g/mol. The summed E-state index contributed by atoms with van der Waals surface area (Å²) in [4.78, 5) is 13.6. The van der Waals surface area contributed by atoms with Gasteiger partial charge in [0.2, 0.25) is 0 Å². The smallest absolute Gasteiger partial charge is 0.420 e. The zero-order valence-electron chi connectivity index (χ0n) is 17.8. The third-order valence-corrected chi connectivity index (χ3v) is 5.74. The van der Waals surface area contributed by atoms with Crippen molar-refractivity contribution < 1.29 is 17.9 Å². The van der Waals surface area contributed by atoms with Gasteiger partial charge in [0.15, 0.2) is 5.13 Å². The maximum atomic E-state index is 13.7. The molecule has 0 atom stereocenters. The molecule has 0 aliphatic carbocycles. The highest BCUT2D eigenvalue weighted by atomic mass is 32.1. The van der Waals surface area contributed by atoms with Gasteiger partial charge in [0.05, 0.1) is 17.9 Å². The van der Waals surface area contributed by atoms with E-state index in [0.717, 1.165) is 27.8 Å². The largest absolute Gasteiger partial charge is 0.493 e. The van der Waals surface area contributed by atoms with E-state index in [0.29, 0.717) is 18.0 Å². The van der Waals surface area contributed by atoms with E-state index in [1.54, 1.807) is 30.9 Å². The number of aromatic nitrogens is 3. The number of anilines is 2. The molecule has 1 aromatic carbocycles. The van der Waals surface area contributed by atoms with Crippen molar-refractivity contribution in [2.45, 2.75) is 25.9 Å². The Labute approximate surface area is 193 Å². The van der Waals surface area contributed by atoms with Gasteiger partial charge in [-0.25, -0.2) is 4.98 Å². The molecule has 4 rings (SSSR count). The third kappa shape index (κ3) is 5.87. The molecule has 0 aliphatic heterocycles. The van der Waals surface area contributed by atoms with Crippen LogP contribution in [0.25, 0.3) is 11.3 Å². The lowest BCUT2D eigenvalue weighted by Gasteiger charge is -2.15. The maximum absolute atomic E-state index is 13.7. The molecule has 0 amide bonds. The second-order valence-electron chi connectivity index (χ2n) is 7.31. The summed E-state index contributed by atoms with van der Waals surface area (Å²) in [5.74, 6) is -0.189. The molecule has 0 radical (unpaired) electrons. The van der Waals surface area contributed by atoms with E-state index < -0.39 is 11.7 Å². The first-order chi connectivity index (χ1) is 15.9. The highest BCUT2D eigenvalue weighted by Gasteiger charge is 2.34. The predicted octanol–water partition coefficient (Wildman–Crippen LogP) is 6.68. The van der Waals surface area contributed by atoms with Gasteiger partial charge >= 0.3 is 6.18 Å². The number of hydrogen-bond acceptors (Lipinski definition) is 6. The van der Waals surface area contributed by atoms with Crippen molar-refractivity contribution in [1.82, 2.24) is 15.0 Å². The van der Waals surface area contributed by atoms with Crippen molar-refractivity contribution >= 4 is 22.2 Å². The van der Waals surface area contributed by atoms with Crippen LogP contribution in [0, 0.1) is 6.92 Å². The zero-order chi connectivity index (χ0) is 23.3. The zero-order valence-corrected chi connectivity index (χ0v) is 18.6. The maximum Gasteiger partial charge on any atom is 0.420 e. The second-order valence-corrected chi connectivity index (χ2v) is 8.52. The second kappa shape index (κ2) is 9.99. The number of nitrogens with one attached hydrogen (secondary N) is 1. The van der Waals surface area contributed by atoms with Crippen LogP contribution in [0.5, 0.6) is 5.75 Å². The topological polar surface area (TPSA) is 59.9 Å². The summed E-state index contributed by atoms with van der Waals surface area (Å²) in [6, 6.07) is 11.4. The van der Waals surface area contributed by atoms with E-state index in [2.05, 4.69) is 20.3 Å². The van der Waals surface area contributed by atoms with Gasteiger partial charge in [-0.15, -0.1) is 11.3 Å². The van der Waals surface area contributed by atoms with Crippen LogP contribution in [0.4, 0.5) is 24.0 Å². The number of nitrogens with zero attached hydrogens (tertiary/aromatic N) is 3. The van der Waals surface area contributed by atoms with Gasteiger partial charge in [0.1, 0.15) is 5.75 Å². The number of ether oxygens (including phenoxy) is 1. The molecule has 4 aromatic rings. The van der Waals surface area contributed by atoms with Gasteiger partial charge < -0.3 is 10.1 Å². The quantitative estimate of drug-likeness (QED) is 0.291. The van der Waals surface area contributed by atoms with E-state index in [-0.39, 0.29) is 18.0 Å². The van der Waals surface area contributed by atoms with Crippen LogP contribution in [0.15, 0.2) is 67.3 Å². The number of thiazole rings is 1. The molecule has 3 heterocycles. The van der Waals surface area contributed by atoms with Gasteiger partial charge in [-0.1, -0.05) is 6.07 Å². The third-order valence-electron chi connectivity index (χ3n) is 4.86. The predicted molar refractivity (Wildman–Crippen MR) is 123 cm³/mol. The standard InChI is InChI=1S/C24H21F3N4OS/c1-16-22(18-7-3-11-29-15-18)31-23(33-16)30-19-8-9-21(20(13-19)24(25,26)27)32-12-4-6-17-5-2-10-28-14-17/h2-3,5,7-11,13-15H,4,6,12H2,1H3,(H,30,31). The lowest BCUT2D eigenvalue weighted by molar-refractivity contribution is -0.138. The van der Waals surface area contributed by atoms with Gasteiger partial charge in [-0.2, -0.15) is 13.2 Å². The van der Waals surface area contributed by atoms with Crippen LogP contribution in [0.2, 0.25) is 0 Å². The number of aryl methyl sites for hydroxylation is 2. The van der Waals surface area contributed by atoms with E-state index >= 15 is 0 Å². The van der Waals surface area contributed by atoms with Crippen LogP contribution >= 0.6 is 11.3 Å². The Morgan fingerprint density at radius 2 is 1.82 bits per heavy atom. The number of hydrogen-bond donors (Lipinski definition) is 1. The van der Waals surface area contributed by atoms with Crippen LogP contribution in [-0.2, 0) is 12.6 Å². The van der Waals surface area contributed by atoms with E-state index in [1.807, 2.05) is 31.2 Å². The summed E-state index contributed by atoms with van der Waals surface area (Å²) in [6.45, 7) is 2.08. The Morgan fingerprint density at radius 3 is 2.52 bits per heavy atom. The number of benzene rings is 1. The normalized spacial score (nSPS) is 11.4. The van der Waals surface area contributed by atoms with Gasteiger partial charge in [0.25, 0.3) is 0 Å². The highest BCUT2D eigenvalue weighted by molar-refractivity contribution is 7.16. The van der Waals surface area contributed by atoms with Crippen molar-refractivity contribution in [2.75, 3.05) is 11.9 Å². The first-order valence-corrected chi connectivity index (χ1v) is 11.1. The molecular formula is C24H21F3N4OS. The summed E-state index contributed by atoms with van der Waals surface area (Å²) in [6.07, 6.45) is 3.51. The fourth-order valence-electron chi connectivity index (χ4n) is 3.30. The molecule has 9 heteroatoms. The first kappa shape index (κ1) is 22.7. The van der Waals surface area contributed by atoms with Crippen molar-refractivity contribution in [3.05, 3.63) is 83.3 Å². The molecule has 1 N–H and O–H groups in total. The molecule has 3 aromatic heterocycles. The minimum absolute atomic E-state index is 0.172. The lowest BCUT2D eigenvalue weighted by atomic mass is 10.1. The van der Waals surface area contributed by atoms with E-state index in [1.165, 1.54) is 17.4 Å². The average Bonchev–Trinajstić information content (AvgIpc) is 3.18. The van der Waals surface area contributed by atoms with Crippen molar-refractivity contribution in [2.24, 2.45) is 0 Å². The molecule has 0 saturated heterocycles. The fraction of sp³-hybridized carbons (Fsp3) is 0.208. The minimum atomic E-state index is -4.55. The number of rotatable bonds is 8. The lowest BCUT2D eigenvalue weighted by Crippen LogP contribution is -2.10. The summed E-state index contributed by atoms with van der Waals surface area (Å²) < 4.78 is 46.6. The number of halogens is 3. The molecule has 0 spiro atoms. The van der Waals surface area contributed by atoms with Gasteiger partial charge in [0, 0.05) is 40.9 Å². The average molecular weight is 471 g/mol. The van der Waals surface area contributed by atoms with Gasteiger partial charge in [-0.3, -0.25) is 9.97 Å². The molecule has 170 valence electrons. The Hall–Kier alpha value is -3.46. The van der Waals surface area contributed by atoms with Crippen molar-refractivity contribution in [1.29, 1.82) is 0 Å². The molecule has 0 unspecified atom stereocenters. The van der Waals surface area contributed by atoms with Crippen LogP contribution in [-0.4, -0.2) is 21.6 Å². The Kier molecular flexibility index (Phi) is 6.88. The molecule has 5 nitrogen and oxygen atoms in total. The molecule has 0 fully saturated rings. The number of pyridine rings is 2. The number of alkyl halides is 3. The first-order valence-electron chi connectivity index (χ1n) is 10.3. The van der Waals surface area contributed by atoms with Crippen molar-refractivity contribution in [3.8, 4) is 17.0 Å². The van der Waals surface area contributed by atoms with Crippen molar-refractivity contribution in [3.63, 3.8) is 0 Å². The summed E-state index contributed by atoms with van der Waals surface area (Å²) >= 11 is 1.37. The Morgan fingerprint density at radius 1 is 1.03 bits per heavy atom. The minimum Gasteiger partial charge on any atom is -0.493 e. The van der Waals surface area contributed by atoms with Crippen LogP contribution in [0.3, 0.4) is 0 Å². The monoisotopic (exact) mass is 470 g/mol. The fourth-order valence-corrected chi connectivity index (χ4v) is 4.16. The summed E-state index contributed by atoms with van der Waals surface area (Å²) in [5.41, 5.74) is 2.08. The summed E-state index contributed by atoms with van der Waals surface area (Å²) in [7, 11) is 0. The Bertz CT molecular complexity index is 1200. The summed E-state index contributed by atoms with van der Waals surface area (Å²) in [5, 5.41) is 3.49. The van der Waals surface area contributed by atoms with Gasteiger partial charge in [-0.05, 0) is 61.7 Å². The SMILES string of the molecule is Cc1sc(Nc2ccc(OCCCc3cccnc3)c(C(F)(F)F)c2)nc1-c1cccnc1. The van der Waals surface area contributed by atoms with E-state index in [4.69, 9.17) is 4.74 Å². The van der Waals surface area contributed by atoms with Crippen LogP contribution < -0.4 is 10.1 Å².